The Bertz CT molecular complexity index is 517. The van der Waals surface area contributed by atoms with Crippen LogP contribution in [0.2, 0.25) is 0 Å². The number of rotatable bonds is 7. The van der Waals surface area contributed by atoms with Crippen molar-refractivity contribution >= 4 is 0 Å². The molecule has 2 aromatic rings. The minimum atomic E-state index is 0.377. The quantitative estimate of drug-likeness (QED) is 0.824. The third kappa shape index (κ3) is 5.31. The zero-order chi connectivity index (χ0) is 15.1. The van der Waals surface area contributed by atoms with E-state index in [1.54, 1.807) is 0 Å². The van der Waals surface area contributed by atoms with Crippen LogP contribution in [0, 0.1) is 5.92 Å². The topological polar surface area (TPSA) is 24.9 Å². The number of nitrogens with zero attached hydrogens (tertiary/aromatic N) is 1. The average molecular weight is 282 g/mol. The zero-order valence-corrected chi connectivity index (χ0v) is 13.3. The molecule has 1 aromatic heterocycles. The molecular weight excluding hydrogens is 256 g/mol. The van der Waals surface area contributed by atoms with Gasteiger partial charge in [0.25, 0.3) is 0 Å². The molecule has 0 aliphatic carbocycles. The maximum Gasteiger partial charge on any atom is 0.0416 e. The molecule has 0 saturated heterocycles. The molecule has 1 aromatic carbocycles. The van der Waals surface area contributed by atoms with Crippen molar-refractivity contribution in [1.82, 2.24) is 10.3 Å². The Morgan fingerprint density at radius 1 is 1.00 bits per heavy atom. The highest BCUT2D eigenvalue weighted by Crippen LogP contribution is 2.15. The minimum Gasteiger partial charge on any atom is -0.310 e. The lowest BCUT2D eigenvalue weighted by Gasteiger charge is -2.15. The molecule has 21 heavy (non-hydrogen) atoms. The molecule has 0 radical (unpaired) electrons. The van der Waals surface area contributed by atoms with Gasteiger partial charge in [-0.3, -0.25) is 4.98 Å². The molecule has 0 fully saturated rings. The van der Waals surface area contributed by atoms with Gasteiger partial charge in [0.2, 0.25) is 0 Å². The Kier molecular flexibility index (Phi) is 5.94. The van der Waals surface area contributed by atoms with Crippen LogP contribution in [0.4, 0.5) is 0 Å². The fourth-order valence-electron chi connectivity index (χ4n) is 2.49. The van der Waals surface area contributed by atoms with E-state index in [1.165, 1.54) is 11.1 Å². The van der Waals surface area contributed by atoms with Crippen LogP contribution in [-0.4, -0.2) is 11.5 Å². The van der Waals surface area contributed by atoms with Gasteiger partial charge in [0.1, 0.15) is 0 Å². The number of nitrogens with one attached hydrogen (secondary N) is 1. The van der Waals surface area contributed by atoms with Crippen LogP contribution in [0.5, 0.6) is 0 Å². The van der Waals surface area contributed by atoms with Crippen molar-refractivity contribution < 1.29 is 0 Å². The molecule has 0 spiro atoms. The van der Waals surface area contributed by atoms with Gasteiger partial charge in [-0.15, -0.1) is 0 Å². The summed E-state index contributed by atoms with van der Waals surface area (Å²) in [4.78, 5) is 4.35. The Morgan fingerprint density at radius 3 is 2.38 bits per heavy atom. The lowest BCUT2D eigenvalue weighted by Crippen LogP contribution is -2.21. The molecule has 0 amide bonds. The fourth-order valence-corrected chi connectivity index (χ4v) is 2.49. The highest BCUT2D eigenvalue weighted by atomic mass is 14.9. The predicted molar refractivity (Wildman–Crippen MR) is 89.3 cm³/mol. The molecule has 1 atom stereocenters. The molecule has 1 heterocycles. The standard InChI is InChI=1S/C19H26N2/c1-15(2)14-17-7-9-18(10-8-17)16(3)20-13-11-19-6-4-5-12-21-19/h4-10,12,15-16,20H,11,13-14H2,1-3H3. The van der Waals surface area contributed by atoms with Gasteiger partial charge in [-0.1, -0.05) is 44.2 Å². The van der Waals surface area contributed by atoms with Crippen LogP contribution >= 0.6 is 0 Å². The Labute approximate surface area is 128 Å². The first kappa shape index (κ1) is 15.7. The van der Waals surface area contributed by atoms with Gasteiger partial charge in [-0.25, -0.2) is 0 Å². The molecule has 0 saturated carbocycles. The Morgan fingerprint density at radius 2 is 1.76 bits per heavy atom. The van der Waals surface area contributed by atoms with Crippen molar-refractivity contribution in [2.24, 2.45) is 5.92 Å². The molecule has 0 bridgehead atoms. The third-order valence-electron chi connectivity index (χ3n) is 3.68. The molecule has 112 valence electrons. The van der Waals surface area contributed by atoms with Crippen molar-refractivity contribution in [2.45, 2.75) is 39.7 Å². The number of hydrogen-bond acceptors (Lipinski definition) is 2. The summed E-state index contributed by atoms with van der Waals surface area (Å²) in [6.45, 7) is 7.69. The van der Waals surface area contributed by atoms with Crippen LogP contribution in [-0.2, 0) is 12.8 Å². The van der Waals surface area contributed by atoms with Gasteiger partial charge < -0.3 is 5.32 Å². The van der Waals surface area contributed by atoms with Crippen LogP contribution < -0.4 is 5.32 Å². The molecule has 1 N–H and O–H groups in total. The molecule has 1 unspecified atom stereocenters. The predicted octanol–water partition coefficient (Wildman–Crippen LogP) is 4.17. The molecular formula is C19H26N2. The van der Waals surface area contributed by atoms with Gasteiger partial charge in [-0.05, 0) is 42.5 Å². The molecule has 0 aliphatic rings. The van der Waals surface area contributed by atoms with E-state index < -0.39 is 0 Å². The summed E-state index contributed by atoms with van der Waals surface area (Å²) in [7, 11) is 0. The van der Waals surface area contributed by atoms with Crippen LogP contribution in [0.3, 0.4) is 0 Å². The summed E-state index contributed by atoms with van der Waals surface area (Å²) in [6, 6.07) is 15.5. The van der Waals surface area contributed by atoms with Gasteiger partial charge in [0.15, 0.2) is 0 Å². The number of aromatic nitrogens is 1. The second-order valence-electron chi connectivity index (χ2n) is 6.09. The van der Waals surface area contributed by atoms with Crippen molar-refractivity contribution in [3.8, 4) is 0 Å². The van der Waals surface area contributed by atoms with Gasteiger partial charge in [-0.2, -0.15) is 0 Å². The lowest BCUT2D eigenvalue weighted by molar-refractivity contribution is 0.573. The van der Waals surface area contributed by atoms with Crippen molar-refractivity contribution in [3.05, 3.63) is 65.5 Å². The summed E-state index contributed by atoms with van der Waals surface area (Å²) in [6.07, 6.45) is 3.98. The average Bonchev–Trinajstić information content (AvgIpc) is 2.48. The number of hydrogen-bond donors (Lipinski definition) is 1. The van der Waals surface area contributed by atoms with Gasteiger partial charge in [0, 0.05) is 30.9 Å². The summed E-state index contributed by atoms with van der Waals surface area (Å²) in [5.41, 5.74) is 3.92. The van der Waals surface area contributed by atoms with Crippen molar-refractivity contribution in [3.63, 3.8) is 0 Å². The number of pyridine rings is 1. The van der Waals surface area contributed by atoms with E-state index >= 15 is 0 Å². The Hall–Kier alpha value is -1.67. The molecule has 2 heteroatoms. The molecule has 2 rings (SSSR count). The maximum atomic E-state index is 4.35. The van der Waals surface area contributed by atoms with E-state index in [4.69, 9.17) is 0 Å². The second kappa shape index (κ2) is 7.94. The highest BCUT2D eigenvalue weighted by molar-refractivity contribution is 5.25. The second-order valence-corrected chi connectivity index (χ2v) is 6.09. The first-order chi connectivity index (χ1) is 10.1. The van der Waals surface area contributed by atoms with Crippen LogP contribution in [0.25, 0.3) is 0 Å². The highest BCUT2D eigenvalue weighted by Gasteiger charge is 2.05. The van der Waals surface area contributed by atoms with Gasteiger partial charge >= 0.3 is 0 Å². The summed E-state index contributed by atoms with van der Waals surface area (Å²) in [5.74, 6) is 0.713. The summed E-state index contributed by atoms with van der Waals surface area (Å²) in [5, 5.41) is 3.57. The van der Waals surface area contributed by atoms with Crippen molar-refractivity contribution in [1.29, 1.82) is 0 Å². The Balaban J connectivity index is 1.81. The smallest absolute Gasteiger partial charge is 0.0416 e. The minimum absolute atomic E-state index is 0.377. The first-order valence-electron chi connectivity index (χ1n) is 7.87. The largest absolute Gasteiger partial charge is 0.310 e. The van der Waals surface area contributed by atoms with E-state index in [0.29, 0.717) is 12.0 Å². The van der Waals surface area contributed by atoms with Gasteiger partial charge in [0.05, 0.1) is 0 Å². The summed E-state index contributed by atoms with van der Waals surface area (Å²) < 4.78 is 0. The van der Waals surface area contributed by atoms with E-state index in [-0.39, 0.29) is 0 Å². The van der Waals surface area contributed by atoms with E-state index in [2.05, 4.69) is 61.4 Å². The molecule has 0 aliphatic heterocycles. The van der Waals surface area contributed by atoms with E-state index in [1.807, 2.05) is 18.3 Å². The molecule has 2 nitrogen and oxygen atoms in total. The first-order valence-corrected chi connectivity index (χ1v) is 7.87. The van der Waals surface area contributed by atoms with Crippen molar-refractivity contribution in [2.75, 3.05) is 6.54 Å². The normalized spacial score (nSPS) is 12.6. The maximum absolute atomic E-state index is 4.35. The monoisotopic (exact) mass is 282 g/mol. The number of benzene rings is 1. The summed E-state index contributed by atoms with van der Waals surface area (Å²) >= 11 is 0. The van der Waals surface area contributed by atoms with E-state index in [0.717, 1.165) is 25.1 Å². The van der Waals surface area contributed by atoms with Crippen LogP contribution in [0.1, 0.15) is 43.6 Å². The third-order valence-corrected chi connectivity index (χ3v) is 3.68. The lowest BCUT2D eigenvalue weighted by atomic mass is 10.00. The fraction of sp³-hybridized carbons (Fsp3) is 0.421. The zero-order valence-electron chi connectivity index (χ0n) is 13.3. The SMILES string of the molecule is CC(C)Cc1ccc(C(C)NCCc2ccccn2)cc1. The van der Waals surface area contributed by atoms with E-state index in [9.17, 15) is 0 Å². The van der Waals surface area contributed by atoms with Crippen LogP contribution in [0.15, 0.2) is 48.7 Å².